The minimum atomic E-state index is -0.226. The highest BCUT2D eigenvalue weighted by Gasteiger charge is 2.05. The van der Waals surface area contributed by atoms with Crippen molar-refractivity contribution in [3.8, 4) is 6.07 Å². The summed E-state index contributed by atoms with van der Waals surface area (Å²) in [5.41, 5.74) is 0.565. The molecule has 1 amide bonds. The molecule has 3 nitrogen and oxygen atoms in total. The molecule has 0 heterocycles. The number of hydrogen-bond donors (Lipinski definition) is 1. The van der Waals surface area contributed by atoms with Gasteiger partial charge in [-0.05, 0) is 35.0 Å². The summed E-state index contributed by atoms with van der Waals surface area (Å²) in [5.74, 6) is -0.226. The van der Waals surface area contributed by atoms with Crippen LogP contribution in [0.25, 0.3) is 10.8 Å². The van der Waals surface area contributed by atoms with Gasteiger partial charge in [-0.15, -0.1) is 0 Å². The van der Waals surface area contributed by atoms with E-state index in [0.717, 1.165) is 15.2 Å². The van der Waals surface area contributed by atoms with Crippen molar-refractivity contribution in [3.05, 3.63) is 46.4 Å². The number of nitriles is 1. The van der Waals surface area contributed by atoms with Gasteiger partial charge in [0.1, 0.15) is 6.54 Å². The van der Waals surface area contributed by atoms with Gasteiger partial charge >= 0.3 is 0 Å². The third-order valence-electron chi connectivity index (χ3n) is 2.39. The molecule has 0 aliphatic carbocycles. The van der Waals surface area contributed by atoms with Crippen LogP contribution in [0.15, 0.2) is 40.9 Å². The molecule has 0 unspecified atom stereocenters. The third-order valence-corrected chi connectivity index (χ3v) is 2.89. The van der Waals surface area contributed by atoms with E-state index in [4.69, 9.17) is 5.26 Å². The molecule has 4 heteroatoms. The summed E-state index contributed by atoms with van der Waals surface area (Å²) in [6.45, 7) is 0.0250. The van der Waals surface area contributed by atoms with E-state index in [9.17, 15) is 4.79 Å². The quantitative estimate of drug-likeness (QED) is 0.864. The first-order chi connectivity index (χ1) is 8.20. The van der Waals surface area contributed by atoms with E-state index in [-0.39, 0.29) is 12.5 Å². The average molecular weight is 289 g/mol. The van der Waals surface area contributed by atoms with E-state index in [1.807, 2.05) is 36.4 Å². The molecule has 0 saturated carbocycles. The van der Waals surface area contributed by atoms with Crippen molar-refractivity contribution < 1.29 is 4.79 Å². The number of carbonyl (C=O) groups excluding carboxylic acids is 1. The standard InChI is InChI=1S/C13H9BrN2O/c14-12-4-3-9-7-11(2-1-10(9)8-12)13(17)16-6-5-15/h1-4,7-8H,6H2,(H,16,17). The second kappa shape index (κ2) is 4.98. The topological polar surface area (TPSA) is 52.9 Å². The maximum atomic E-state index is 11.6. The van der Waals surface area contributed by atoms with E-state index in [0.29, 0.717) is 5.56 Å². The molecule has 0 aliphatic rings. The number of benzene rings is 2. The normalized spacial score (nSPS) is 9.88. The molecule has 17 heavy (non-hydrogen) atoms. The zero-order valence-corrected chi connectivity index (χ0v) is 10.5. The van der Waals surface area contributed by atoms with Gasteiger partial charge in [0.05, 0.1) is 6.07 Å². The largest absolute Gasteiger partial charge is 0.339 e. The number of nitrogens with zero attached hydrogens (tertiary/aromatic N) is 1. The summed E-state index contributed by atoms with van der Waals surface area (Å²) in [6, 6.07) is 13.2. The molecule has 0 atom stereocenters. The number of halogens is 1. The molecule has 0 bridgehead atoms. The number of rotatable bonds is 2. The smallest absolute Gasteiger partial charge is 0.252 e. The van der Waals surface area contributed by atoms with E-state index in [1.165, 1.54) is 0 Å². The monoisotopic (exact) mass is 288 g/mol. The highest BCUT2D eigenvalue weighted by molar-refractivity contribution is 9.10. The third kappa shape index (κ3) is 2.63. The van der Waals surface area contributed by atoms with Crippen molar-refractivity contribution in [2.24, 2.45) is 0 Å². The lowest BCUT2D eigenvalue weighted by Crippen LogP contribution is -2.23. The Bertz CT molecular complexity index is 616. The van der Waals surface area contributed by atoms with Crippen molar-refractivity contribution in [2.75, 3.05) is 6.54 Å². The number of amides is 1. The molecular weight excluding hydrogens is 280 g/mol. The molecule has 0 fully saturated rings. The molecular formula is C13H9BrN2O. The van der Waals surface area contributed by atoms with Crippen molar-refractivity contribution in [2.45, 2.75) is 0 Å². The number of nitrogens with one attached hydrogen (secondary N) is 1. The summed E-state index contributed by atoms with van der Waals surface area (Å²) in [4.78, 5) is 11.6. The Labute approximate surface area is 107 Å². The first-order valence-corrected chi connectivity index (χ1v) is 5.84. The highest BCUT2D eigenvalue weighted by Crippen LogP contribution is 2.20. The minimum Gasteiger partial charge on any atom is -0.339 e. The first kappa shape index (κ1) is 11.6. The van der Waals surface area contributed by atoms with Gasteiger partial charge in [-0.1, -0.05) is 28.1 Å². The van der Waals surface area contributed by atoms with Crippen molar-refractivity contribution in [1.29, 1.82) is 5.26 Å². The fourth-order valence-corrected chi connectivity index (χ4v) is 1.96. The minimum absolute atomic E-state index is 0.0250. The molecule has 0 saturated heterocycles. The fourth-order valence-electron chi connectivity index (χ4n) is 1.58. The van der Waals surface area contributed by atoms with Gasteiger partial charge in [-0.3, -0.25) is 4.79 Å². The van der Waals surface area contributed by atoms with Crippen molar-refractivity contribution in [1.82, 2.24) is 5.32 Å². The Balaban J connectivity index is 2.35. The maximum Gasteiger partial charge on any atom is 0.252 e. The zero-order valence-electron chi connectivity index (χ0n) is 8.90. The summed E-state index contributed by atoms with van der Waals surface area (Å²) in [7, 11) is 0. The van der Waals surface area contributed by atoms with Crippen LogP contribution in [0.1, 0.15) is 10.4 Å². The van der Waals surface area contributed by atoms with E-state index >= 15 is 0 Å². The maximum absolute atomic E-state index is 11.6. The predicted molar refractivity (Wildman–Crippen MR) is 69.6 cm³/mol. The lowest BCUT2D eigenvalue weighted by atomic mass is 10.1. The number of hydrogen-bond acceptors (Lipinski definition) is 2. The van der Waals surface area contributed by atoms with Crippen LogP contribution in [-0.4, -0.2) is 12.5 Å². The van der Waals surface area contributed by atoms with Crippen LogP contribution in [-0.2, 0) is 0 Å². The lowest BCUT2D eigenvalue weighted by molar-refractivity contribution is 0.0958. The molecule has 2 rings (SSSR count). The summed E-state index contributed by atoms with van der Waals surface area (Å²) < 4.78 is 1.01. The predicted octanol–water partition coefficient (Wildman–Crippen LogP) is 2.86. The Morgan fingerprint density at radius 2 is 1.94 bits per heavy atom. The van der Waals surface area contributed by atoms with E-state index in [1.54, 1.807) is 6.07 Å². The van der Waals surface area contributed by atoms with E-state index in [2.05, 4.69) is 21.2 Å². The SMILES string of the molecule is N#CCNC(=O)c1ccc2cc(Br)ccc2c1. The Morgan fingerprint density at radius 3 is 2.71 bits per heavy atom. The van der Waals surface area contributed by atoms with E-state index < -0.39 is 0 Å². The van der Waals surface area contributed by atoms with Crippen LogP contribution >= 0.6 is 15.9 Å². The van der Waals surface area contributed by atoms with Gasteiger partial charge in [0.15, 0.2) is 0 Å². The number of fused-ring (bicyclic) bond motifs is 1. The van der Waals surface area contributed by atoms with Crippen molar-refractivity contribution >= 4 is 32.6 Å². The summed E-state index contributed by atoms with van der Waals surface area (Å²) in [6.07, 6.45) is 0. The number of carbonyl (C=O) groups is 1. The molecule has 0 spiro atoms. The second-order valence-electron chi connectivity index (χ2n) is 3.55. The van der Waals surface area contributed by atoms with Crippen LogP contribution in [0.3, 0.4) is 0 Å². The lowest BCUT2D eigenvalue weighted by Gasteiger charge is -2.03. The summed E-state index contributed by atoms with van der Waals surface area (Å²) >= 11 is 3.40. The molecule has 0 radical (unpaired) electrons. The molecule has 0 aromatic heterocycles. The van der Waals surface area contributed by atoms with Gasteiger partial charge in [-0.2, -0.15) is 5.26 Å². The van der Waals surface area contributed by atoms with Crippen LogP contribution in [0, 0.1) is 11.3 Å². The highest BCUT2D eigenvalue weighted by atomic mass is 79.9. The van der Waals surface area contributed by atoms with Crippen LogP contribution in [0.5, 0.6) is 0 Å². The molecule has 2 aromatic carbocycles. The Kier molecular flexibility index (Phi) is 3.40. The van der Waals surface area contributed by atoms with Crippen LogP contribution < -0.4 is 5.32 Å². The molecule has 0 aliphatic heterocycles. The molecule has 1 N–H and O–H groups in total. The van der Waals surface area contributed by atoms with Gasteiger partial charge in [-0.25, -0.2) is 0 Å². The Morgan fingerprint density at radius 1 is 1.24 bits per heavy atom. The van der Waals surface area contributed by atoms with Crippen LogP contribution in [0.2, 0.25) is 0 Å². The van der Waals surface area contributed by atoms with Gasteiger partial charge in [0.2, 0.25) is 0 Å². The van der Waals surface area contributed by atoms with Gasteiger partial charge in [0, 0.05) is 10.0 Å². The van der Waals surface area contributed by atoms with Gasteiger partial charge < -0.3 is 5.32 Å². The molecule has 84 valence electrons. The van der Waals surface area contributed by atoms with Crippen molar-refractivity contribution in [3.63, 3.8) is 0 Å². The Hall–Kier alpha value is -1.86. The first-order valence-electron chi connectivity index (χ1n) is 5.05. The second-order valence-corrected chi connectivity index (χ2v) is 4.46. The average Bonchev–Trinajstić information content (AvgIpc) is 2.35. The van der Waals surface area contributed by atoms with Gasteiger partial charge in [0.25, 0.3) is 5.91 Å². The summed E-state index contributed by atoms with van der Waals surface area (Å²) in [5, 5.41) is 13.0. The molecule has 2 aromatic rings. The van der Waals surface area contributed by atoms with Crippen LogP contribution in [0.4, 0.5) is 0 Å². The zero-order chi connectivity index (χ0) is 12.3. The fraction of sp³-hybridized carbons (Fsp3) is 0.0769.